The lowest BCUT2D eigenvalue weighted by Gasteiger charge is -2.10. The Morgan fingerprint density at radius 1 is 1.15 bits per heavy atom. The minimum absolute atomic E-state index is 0.182. The van der Waals surface area contributed by atoms with Crippen LogP contribution in [0.3, 0.4) is 0 Å². The van der Waals surface area contributed by atoms with Crippen molar-refractivity contribution >= 4 is 50.2 Å². The summed E-state index contributed by atoms with van der Waals surface area (Å²) in [7, 11) is 1.37. The summed E-state index contributed by atoms with van der Waals surface area (Å²) in [5, 5.41) is 1.20. The van der Waals surface area contributed by atoms with E-state index in [0.717, 1.165) is 24.1 Å². The highest BCUT2D eigenvalue weighted by Gasteiger charge is 2.10. The maximum atomic E-state index is 13.0. The summed E-state index contributed by atoms with van der Waals surface area (Å²) < 4.78 is 44.1. The molecule has 0 saturated carbocycles. The van der Waals surface area contributed by atoms with Crippen LogP contribution in [0.15, 0.2) is 35.7 Å². The van der Waals surface area contributed by atoms with E-state index in [0.29, 0.717) is 33.4 Å². The van der Waals surface area contributed by atoms with Gasteiger partial charge in [0.2, 0.25) is 10.0 Å². The lowest BCUT2D eigenvalue weighted by molar-refractivity contribution is -0.117. The molecule has 222 valence electrons. The average Bonchev–Trinajstić information content (AvgIpc) is 3.32. The third-order valence-electron chi connectivity index (χ3n) is 4.61. The van der Waals surface area contributed by atoms with E-state index in [1.165, 1.54) is 34.8 Å². The van der Waals surface area contributed by atoms with Crippen LogP contribution in [0.4, 0.5) is 4.39 Å². The maximum Gasteiger partial charge on any atom is 0.253 e. The highest BCUT2D eigenvalue weighted by atomic mass is 35.5. The molecular weight excluding hydrogens is 563 g/mol. The van der Waals surface area contributed by atoms with Crippen LogP contribution in [0.2, 0.25) is 4.34 Å². The molecule has 0 unspecified atom stereocenters. The molecule has 0 spiro atoms. The average molecular weight is 607 g/mol. The fourth-order valence-corrected chi connectivity index (χ4v) is 4.69. The normalized spacial score (nSPS) is 10.7. The Kier molecular flexibility index (Phi) is 21.7. The Morgan fingerprint density at radius 3 is 2.18 bits per heavy atom. The minimum atomic E-state index is -3.42. The molecule has 39 heavy (non-hydrogen) atoms. The Balaban J connectivity index is 0. The van der Waals surface area contributed by atoms with Crippen molar-refractivity contribution in [2.75, 3.05) is 34.4 Å². The van der Waals surface area contributed by atoms with Gasteiger partial charge in [-0.2, -0.15) is 0 Å². The Morgan fingerprint density at radius 2 is 1.77 bits per heavy atom. The number of hydrogen-bond donors (Lipinski definition) is 1. The van der Waals surface area contributed by atoms with Gasteiger partial charge in [0.1, 0.15) is 11.6 Å². The number of sulfonamides is 1. The van der Waals surface area contributed by atoms with Crippen molar-refractivity contribution in [1.29, 1.82) is 0 Å². The second-order valence-corrected chi connectivity index (χ2v) is 11.6. The first-order valence-corrected chi connectivity index (χ1v) is 15.4. The van der Waals surface area contributed by atoms with E-state index in [2.05, 4.69) is 11.6 Å². The van der Waals surface area contributed by atoms with E-state index in [9.17, 15) is 22.4 Å². The van der Waals surface area contributed by atoms with Crippen LogP contribution in [0, 0.1) is 12.7 Å². The molecule has 0 saturated heterocycles. The molecule has 1 aromatic carbocycles. The summed E-state index contributed by atoms with van der Waals surface area (Å²) in [6.45, 7) is 11.7. The van der Waals surface area contributed by atoms with E-state index in [-0.39, 0.29) is 18.3 Å². The zero-order valence-corrected chi connectivity index (χ0v) is 26.9. The molecule has 11 heteroatoms. The largest absolute Gasteiger partial charge is 0.383 e. The summed E-state index contributed by atoms with van der Waals surface area (Å²) >= 11 is 7.13. The van der Waals surface area contributed by atoms with Gasteiger partial charge in [0.05, 0.1) is 16.4 Å². The monoisotopic (exact) mass is 606 g/mol. The second kappa shape index (κ2) is 21.7. The van der Waals surface area contributed by atoms with Gasteiger partial charge in [0.15, 0.2) is 0 Å². The smallest absolute Gasteiger partial charge is 0.253 e. The van der Waals surface area contributed by atoms with Crippen molar-refractivity contribution in [1.82, 2.24) is 9.62 Å². The summed E-state index contributed by atoms with van der Waals surface area (Å²) in [6.07, 6.45) is 2.94. The van der Waals surface area contributed by atoms with Crippen molar-refractivity contribution in [2.45, 2.75) is 60.8 Å². The third kappa shape index (κ3) is 18.7. The quantitative estimate of drug-likeness (QED) is 0.295. The van der Waals surface area contributed by atoms with Gasteiger partial charge in [-0.15, -0.1) is 11.3 Å². The van der Waals surface area contributed by atoms with Crippen LogP contribution in [0.5, 0.6) is 0 Å². The molecule has 0 atom stereocenters. The number of rotatable bonds is 10. The van der Waals surface area contributed by atoms with Gasteiger partial charge in [0.25, 0.3) is 5.91 Å². The number of amides is 1. The Labute approximate surface area is 243 Å². The van der Waals surface area contributed by atoms with Crippen molar-refractivity contribution in [3.05, 3.63) is 61.9 Å². The van der Waals surface area contributed by atoms with Gasteiger partial charge >= 0.3 is 0 Å². The topological polar surface area (TPSA) is 92.8 Å². The zero-order chi connectivity index (χ0) is 30.6. The fraction of sp³-hybridized carbons (Fsp3) is 0.500. The molecule has 0 aliphatic heterocycles. The van der Waals surface area contributed by atoms with Gasteiger partial charge in [-0.1, -0.05) is 44.9 Å². The third-order valence-corrected chi connectivity index (χ3v) is 7.25. The van der Waals surface area contributed by atoms with Crippen LogP contribution >= 0.6 is 22.9 Å². The molecule has 0 aliphatic rings. The second-order valence-electron chi connectivity index (χ2n) is 8.31. The number of thiophene rings is 1. The van der Waals surface area contributed by atoms with Gasteiger partial charge in [-0.3, -0.25) is 4.79 Å². The molecule has 0 fully saturated rings. The van der Waals surface area contributed by atoms with Crippen molar-refractivity contribution in [3.63, 3.8) is 0 Å². The number of carbonyl (C=O) groups excluding carboxylic acids is 2. The number of nitrogens with zero attached hydrogens (tertiary/aromatic N) is 1. The van der Waals surface area contributed by atoms with Crippen LogP contribution in [0.25, 0.3) is 5.57 Å². The molecule has 0 radical (unpaired) electrons. The molecule has 2 rings (SSSR count). The SMILES string of the molecule is CC.CCCCC(C)=O.COCCNS(=O)(=O)/C=C(\C)c1ccc(Cl)s1.Cc1ccc(C(=O)N(C)C)cc1F. The number of ketones is 1. The molecule has 1 N–H and O–H groups in total. The highest BCUT2D eigenvalue weighted by Crippen LogP contribution is 2.27. The minimum Gasteiger partial charge on any atom is -0.383 e. The Bertz CT molecular complexity index is 1130. The van der Waals surface area contributed by atoms with Crippen LogP contribution in [-0.4, -0.2) is 59.4 Å². The van der Waals surface area contributed by atoms with Crippen LogP contribution < -0.4 is 4.72 Å². The first-order chi connectivity index (χ1) is 18.2. The number of aryl methyl sites for hydroxylation is 1. The number of hydrogen-bond acceptors (Lipinski definition) is 6. The molecule has 2 aromatic rings. The first-order valence-electron chi connectivity index (χ1n) is 12.6. The van der Waals surface area contributed by atoms with E-state index in [1.807, 2.05) is 13.8 Å². The summed E-state index contributed by atoms with van der Waals surface area (Å²) in [5.74, 6) is -0.214. The number of allylic oxidation sites excluding steroid dienone is 1. The van der Waals surface area contributed by atoms with Gasteiger partial charge in [-0.25, -0.2) is 17.5 Å². The highest BCUT2D eigenvalue weighted by molar-refractivity contribution is 7.92. The van der Waals surface area contributed by atoms with Gasteiger partial charge < -0.3 is 14.4 Å². The van der Waals surface area contributed by atoms with Crippen molar-refractivity contribution in [3.8, 4) is 0 Å². The number of benzene rings is 1. The van der Waals surface area contributed by atoms with E-state index in [1.54, 1.807) is 59.1 Å². The van der Waals surface area contributed by atoms with Gasteiger partial charge in [-0.05, 0) is 62.6 Å². The number of carbonyl (C=O) groups is 2. The zero-order valence-electron chi connectivity index (χ0n) is 24.6. The molecule has 7 nitrogen and oxygen atoms in total. The van der Waals surface area contributed by atoms with E-state index in [4.69, 9.17) is 16.3 Å². The predicted molar refractivity (Wildman–Crippen MR) is 162 cm³/mol. The predicted octanol–water partition coefficient (Wildman–Crippen LogP) is 6.96. The number of halogens is 2. The molecule has 0 bridgehead atoms. The van der Waals surface area contributed by atoms with E-state index < -0.39 is 10.0 Å². The van der Waals surface area contributed by atoms with Crippen LogP contribution in [-0.2, 0) is 19.6 Å². The van der Waals surface area contributed by atoms with Crippen LogP contribution in [0.1, 0.15) is 74.7 Å². The van der Waals surface area contributed by atoms with Crippen molar-refractivity contribution < 1.29 is 27.1 Å². The lowest BCUT2D eigenvalue weighted by atomic mass is 10.1. The van der Waals surface area contributed by atoms with Gasteiger partial charge in [0, 0.05) is 44.6 Å². The number of unbranched alkanes of at least 4 members (excludes halogenated alkanes) is 1. The fourth-order valence-electron chi connectivity index (χ4n) is 2.55. The first kappa shape index (κ1) is 39.0. The molecule has 1 heterocycles. The summed E-state index contributed by atoms with van der Waals surface area (Å²) in [4.78, 5) is 23.8. The molecule has 0 aliphatic carbocycles. The number of methoxy groups -OCH3 is 1. The molecule has 1 amide bonds. The maximum absolute atomic E-state index is 13.0. The Hall–Kier alpha value is -2.11. The summed E-state index contributed by atoms with van der Waals surface area (Å²) in [6, 6.07) is 8.03. The van der Waals surface area contributed by atoms with E-state index >= 15 is 0 Å². The number of ether oxygens (including phenoxy) is 1. The molecule has 1 aromatic heterocycles. The lowest BCUT2D eigenvalue weighted by Crippen LogP contribution is -2.25. The number of Topliss-reactive ketones (excluding diaryl/α,β-unsaturated/α-hetero) is 1. The van der Waals surface area contributed by atoms with Crippen molar-refractivity contribution in [2.24, 2.45) is 0 Å². The summed E-state index contributed by atoms with van der Waals surface area (Å²) in [5.41, 5.74) is 1.59. The standard InChI is InChI=1S/C10H14ClNO3S2.C10H12FNO.C6H12O.C2H6/c1-8(9-3-4-10(11)16-9)7-17(13,14)12-5-6-15-2;1-7-4-5-8(6-9(7)11)10(13)12(2)3;1-3-4-5-6(2)7;1-2/h3-4,7,12H,5-6H2,1-2H3;4-6H,1-3H3;3-5H2,1-2H3;1-2H3/b8-7+;;;. The molecular formula is C28H44ClFN2O5S2. The number of nitrogens with one attached hydrogen (secondary N) is 1.